The second-order valence-corrected chi connectivity index (χ2v) is 8.52. The molecule has 0 saturated carbocycles. The van der Waals surface area contributed by atoms with Crippen molar-refractivity contribution < 1.29 is 14.4 Å². The number of nitrogen functional groups attached to an aromatic ring is 1. The predicted molar refractivity (Wildman–Crippen MR) is 126 cm³/mol. The molecule has 2 saturated heterocycles. The molecule has 32 heavy (non-hydrogen) atoms. The quantitative estimate of drug-likeness (QED) is 0.392. The summed E-state index contributed by atoms with van der Waals surface area (Å²) in [4.78, 5) is 15.0. The van der Waals surface area contributed by atoms with Crippen LogP contribution in [0.1, 0.15) is 11.1 Å². The molecule has 0 spiro atoms. The number of benzene rings is 2. The van der Waals surface area contributed by atoms with E-state index in [0.29, 0.717) is 30.3 Å². The number of rotatable bonds is 5. The van der Waals surface area contributed by atoms with E-state index in [9.17, 15) is 10.1 Å². The normalized spacial score (nSPS) is 17.4. The highest BCUT2D eigenvalue weighted by molar-refractivity contribution is 6.31. The van der Waals surface area contributed by atoms with Crippen molar-refractivity contribution in [2.45, 2.75) is 13.1 Å². The summed E-state index contributed by atoms with van der Waals surface area (Å²) >= 11 is 11.8. The van der Waals surface area contributed by atoms with E-state index in [0.717, 1.165) is 62.2 Å². The Morgan fingerprint density at radius 1 is 0.844 bits per heavy atom. The lowest BCUT2D eigenvalue weighted by molar-refractivity contribution is -0.385. The average Bonchev–Trinajstić information content (AvgIpc) is 2.78. The van der Waals surface area contributed by atoms with Crippen molar-refractivity contribution in [2.75, 3.05) is 58.3 Å². The van der Waals surface area contributed by atoms with Gasteiger partial charge in [-0.1, -0.05) is 23.2 Å². The van der Waals surface area contributed by atoms with Crippen molar-refractivity contribution >= 4 is 34.6 Å². The summed E-state index contributed by atoms with van der Waals surface area (Å²) < 4.78 is 10.5. The molecular formula is C22H28Cl2N4O4. The molecule has 2 aromatic rings. The number of halogens is 2. The minimum absolute atomic E-state index is 0.126. The van der Waals surface area contributed by atoms with Gasteiger partial charge in [0.2, 0.25) is 0 Å². The van der Waals surface area contributed by atoms with Gasteiger partial charge in [-0.2, -0.15) is 0 Å². The van der Waals surface area contributed by atoms with Crippen LogP contribution >= 0.6 is 23.2 Å². The van der Waals surface area contributed by atoms with Crippen LogP contribution in [0.25, 0.3) is 0 Å². The van der Waals surface area contributed by atoms with E-state index in [4.69, 9.17) is 38.4 Å². The van der Waals surface area contributed by atoms with Crippen molar-refractivity contribution in [1.82, 2.24) is 9.80 Å². The zero-order chi connectivity index (χ0) is 22.9. The van der Waals surface area contributed by atoms with E-state index < -0.39 is 0 Å². The van der Waals surface area contributed by atoms with Gasteiger partial charge in [-0.05, 0) is 35.9 Å². The molecule has 2 N–H and O–H groups in total. The van der Waals surface area contributed by atoms with E-state index >= 15 is 0 Å². The minimum Gasteiger partial charge on any atom is -0.398 e. The Morgan fingerprint density at radius 3 is 1.84 bits per heavy atom. The van der Waals surface area contributed by atoms with E-state index in [1.54, 1.807) is 12.1 Å². The largest absolute Gasteiger partial charge is 0.398 e. The van der Waals surface area contributed by atoms with Gasteiger partial charge in [-0.15, -0.1) is 0 Å². The summed E-state index contributed by atoms with van der Waals surface area (Å²) in [6.45, 7) is 7.88. The van der Waals surface area contributed by atoms with Crippen molar-refractivity contribution in [3.63, 3.8) is 0 Å². The maximum atomic E-state index is 10.9. The van der Waals surface area contributed by atoms with E-state index in [1.165, 1.54) is 6.07 Å². The fourth-order valence-electron chi connectivity index (χ4n) is 3.57. The number of morpholine rings is 2. The van der Waals surface area contributed by atoms with Gasteiger partial charge >= 0.3 is 0 Å². The lowest BCUT2D eigenvalue weighted by atomic mass is 10.1. The topological polar surface area (TPSA) is 94.1 Å². The first-order chi connectivity index (χ1) is 15.4. The van der Waals surface area contributed by atoms with Crippen molar-refractivity contribution in [2.24, 2.45) is 0 Å². The Bertz CT molecular complexity index is 903. The van der Waals surface area contributed by atoms with Crippen LogP contribution in [-0.2, 0) is 22.6 Å². The number of nitrogens with zero attached hydrogens (tertiary/aromatic N) is 3. The van der Waals surface area contributed by atoms with Crippen LogP contribution in [0.4, 0.5) is 11.4 Å². The first-order valence-corrected chi connectivity index (χ1v) is 11.2. The summed E-state index contributed by atoms with van der Waals surface area (Å²) in [5, 5.41) is 12.2. The third kappa shape index (κ3) is 7.58. The first-order valence-electron chi connectivity index (χ1n) is 10.5. The molecule has 0 amide bonds. The van der Waals surface area contributed by atoms with E-state index in [-0.39, 0.29) is 10.6 Å². The third-order valence-corrected chi connectivity index (χ3v) is 5.81. The number of ether oxygens (including phenoxy) is 2. The van der Waals surface area contributed by atoms with Gasteiger partial charge in [0.05, 0.1) is 31.4 Å². The lowest BCUT2D eigenvalue weighted by Gasteiger charge is -2.27. The molecule has 0 atom stereocenters. The third-order valence-electron chi connectivity index (χ3n) is 5.34. The summed E-state index contributed by atoms with van der Waals surface area (Å²) in [5.74, 6) is 0. The molecule has 174 valence electrons. The SMILES string of the molecule is Nc1ccc(Cl)cc1CN1CCOCC1.O=[N+]([O-])c1ccc(Cl)cc1CN1CCOCC1. The Kier molecular flexibility index (Phi) is 9.52. The lowest BCUT2D eigenvalue weighted by Crippen LogP contribution is -2.35. The number of nitro benzene ring substituents is 1. The molecular weight excluding hydrogens is 455 g/mol. The molecule has 4 rings (SSSR count). The maximum absolute atomic E-state index is 10.9. The van der Waals surface area contributed by atoms with Crippen LogP contribution in [-0.4, -0.2) is 67.3 Å². The molecule has 0 unspecified atom stereocenters. The van der Waals surface area contributed by atoms with Crippen LogP contribution in [0.15, 0.2) is 36.4 Å². The molecule has 0 aliphatic carbocycles. The van der Waals surface area contributed by atoms with Gasteiger partial charge in [0, 0.05) is 66.6 Å². The molecule has 2 aliphatic heterocycles. The van der Waals surface area contributed by atoms with Gasteiger partial charge in [0.1, 0.15) is 0 Å². The number of nitro groups is 1. The highest BCUT2D eigenvalue weighted by atomic mass is 35.5. The molecule has 0 bridgehead atoms. The van der Waals surface area contributed by atoms with E-state index in [1.807, 2.05) is 18.2 Å². The van der Waals surface area contributed by atoms with Crippen molar-refractivity contribution in [3.05, 3.63) is 67.7 Å². The van der Waals surface area contributed by atoms with Gasteiger partial charge in [0.25, 0.3) is 5.69 Å². The Balaban J connectivity index is 0.000000182. The molecule has 2 aliphatic rings. The standard InChI is InChI=1S/C11H13ClN2O3.C11H15ClN2O/c12-10-1-2-11(14(15)16)9(7-10)8-13-3-5-17-6-4-13;12-10-1-2-11(13)9(7-10)8-14-3-5-15-6-4-14/h1-2,7H,3-6,8H2;1-2,7H,3-6,8,13H2. The molecule has 2 fully saturated rings. The van der Waals surface area contributed by atoms with Gasteiger partial charge < -0.3 is 15.2 Å². The second-order valence-electron chi connectivity index (χ2n) is 7.65. The smallest absolute Gasteiger partial charge is 0.273 e. The van der Waals surface area contributed by atoms with Gasteiger partial charge in [-0.25, -0.2) is 0 Å². The number of nitrogens with two attached hydrogens (primary N) is 1. The summed E-state index contributed by atoms with van der Waals surface area (Å²) in [7, 11) is 0. The van der Waals surface area contributed by atoms with Gasteiger partial charge in [0.15, 0.2) is 0 Å². The van der Waals surface area contributed by atoms with Gasteiger partial charge in [-0.3, -0.25) is 19.9 Å². The first kappa shape index (κ1) is 24.7. The zero-order valence-corrected chi connectivity index (χ0v) is 19.4. The molecule has 0 aromatic heterocycles. The van der Waals surface area contributed by atoms with Crippen LogP contribution in [0.5, 0.6) is 0 Å². The highest BCUT2D eigenvalue weighted by Gasteiger charge is 2.18. The van der Waals surface area contributed by atoms with Crippen LogP contribution in [0.2, 0.25) is 10.0 Å². The predicted octanol–water partition coefficient (Wildman–Crippen LogP) is 3.83. The fraction of sp³-hybridized carbons (Fsp3) is 0.455. The van der Waals surface area contributed by atoms with Crippen LogP contribution in [0, 0.1) is 10.1 Å². The molecule has 2 heterocycles. The highest BCUT2D eigenvalue weighted by Crippen LogP contribution is 2.24. The van der Waals surface area contributed by atoms with Crippen molar-refractivity contribution in [1.29, 1.82) is 0 Å². The molecule has 0 radical (unpaired) electrons. The van der Waals surface area contributed by atoms with Crippen LogP contribution < -0.4 is 5.73 Å². The fourth-order valence-corrected chi connectivity index (χ4v) is 3.96. The Hall–Kier alpha value is -1.94. The van der Waals surface area contributed by atoms with E-state index in [2.05, 4.69) is 9.80 Å². The average molecular weight is 483 g/mol. The maximum Gasteiger partial charge on any atom is 0.273 e. The number of hydrogen-bond acceptors (Lipinski definition) is 7. The summed E-state index contributed by atoms with van der Waals surface area (Å²) in [6.07, 6.45) is 0. The molecule has 8 nitrogen and oxygen atoms in total. The number of hydrogen-bond donors (Lipinski definition) is 1. The second kappa shape index (κ2) is 12.3. The Labute approximate surface area is 197 Å². The van der Waals surface area contributed by atoms with Crippen LogP contribution in [0.3, 0.4) is 0 Å². The monoisotopic (exact) mass is 482 g/mol. The zero-order valence-electron chi connectivity index (χ0n) is 17.8. The number of anilines is 1. The molecule has 2 aromatic carbocycles. The Morgan fingerprint density at radius 2 is 1.31 bits per heavy atom. The van der Waals surface area contributed by atoms with Crippen molar-refractivity contribution in [3.8, 4) is 0 Å². The minimum atomic E-state index is -0.369. The summed E-state index contributed by atoms with van der Waals surface area (Å²) in [6, 6.07) is 10.3. The molecule has 10 heteroatoms. The summed E-state index contributed by atoms with van der Waals surface area (Å²) in [5.41, 5.74) is 8.59.